The minimum atomic E-state index is -0.484. The average Bonchev–Trinajstić information content (AvgIpc) is 2.95. The van der Waals surface area contributed by atoms with Crippen molar-refractivity contribution in [2.45, 2.75) is 25.8 Å². The highest BCUT2D eigenvalue weighted by atomic mass is 16.5. The van der Waals surface area contributed by atoms with Crippen LogP contribution >= 0.6 is 0 Å². The maximum atomic E-state index is 12.2. The van der Waals surface area contributed by atoms with Crippen molar-refractivity contribution in [1.82, 2.24) is 10.1 Å². The highest BCUT2D eigenvalue weighted by Gasteiger charge is 2.36. The Hall–Kier alpha value is -1.85. The number of carbonyl (C=O) groups is 2. The van der Waals surface area contributed by atoms with Gasteiger partial charge in [0.1, 0.15) is 17.4 Å². The molecule has 1 unspecified atom stereocenters. The van der Waals surface area contributed by atoms with Crippen molar-refractivity contribution < 1.29 is 18.8 Å². The molecule has 6 nitrogen and oxygen atoms in total. The van der Waals surface area contributed by atoms with Gasteiger partial charge in [0.2, 0.25) is 0 Å². The van der Waals surface area contributed by atoms with Gasteiger partial charge in [-0.05, 0) is 19.8 Å². The van der Waals surface area contributed by atoms with E-state index in [1.807, 2.05) is 0 Å². The third-order valence-corrected chi connectivity index (χ3v) is 2.97. The lowest BCUT2D eigenvalue weighted by atomic mass is 10.2. The number of hydrogen-bond acceptors (Lipinski definition) is 5. The SMILES string of the molecule is COC(=O)C1CCCN1C(=O)c1cnoc1C. The van der Waals surface area contributed by atoms with Crippen molar-refractivity contribution in [1.29, 1.82) is 0 Å². The van der Waals surface area contributed by atoms with Gasteiger partial charge in [-0.1, -0.05) is 5.16 Å². The van der Waals surface area contributed by atoms with Crippen molar-refractivity contribution in [2.75, 3.05) is 13.7 Å². The molecule has 0 saturated carbocycles. The van der Waals surface area contributed by atoms with Gasteiger partial charge in [0.25, 0.3) is 5.91 Å². The molecule has 2 heterocycles. The van der Waals surface area contributed by atoms with E-state index < -0.39 is 6.04 Å². The predicted octanol–water partition coefficient (Wildman–Crippen LogP) is 0.761. The van der Waals surface area contributed by atoms with Crippen LogP contribution in [0.4, 0.5) is 0 Å². The fourth-order valence-corrected chi connectivity index (χ4v) is 2.05. The molecule has 1 aliphatic heterocycles. The third kappa shape index (κ3) is 2.02. The molecule has 0 aliphatic carbocycles. The van der Waals surface area contributed by atoms with Crippen LogP contribution in [0, 0.1) is 6.92 Å². The summed E-state index contributed by atoms with van der Waals surface area (Å²) >= 11 is 0. The molecule has 1 aromatic heterocycles. The van der Waals surface area contributed by atoms with Crippen molar-refractivity contribution in [2.24, 2.45) is 0 Å². The van der Waals surface area contributed by atoms with Crippen molar-refractivity contribution >= 4 is 11.9 Å². The van der Waals surface area contributed by atoms with Gasteiger partial charge in [0.05, 0.1) is 13.3 Å². The number of carbonyl (C=O) groups excluding carboxylic acids is 2. The zero-order valence-electron chi connectivity index (χ0n) is 9.80. The maximum Gasteiger partial charge on any atom is 0.328 e. The summed E-state index contributed by atoms with van der Waals surface area (Å²) in [5, 5.41) is 3.57. The molecule has 17 heavy (non-hydrogen) atoms. The summed E-state index contributed by atoms with van der Waals surface area (Å²) in [4.78, 5) is 25.2. The molecule has 0 bridgehead atoms. The molecule has 1 saturated heterocycles. The zero-order valence-corrected chi connectivity index (χ0v) is 9.80. The summed E-state index contributed by atoms with van der Waals surface area (Å²) in [6, 6.07) is -0.484. The molecule has 0 aromatic carbocycles. The number of methoxy groups -OCH3 is 1. The van der Waals surface area contributed by atoms with Gasteiger partial charge in [-0.15, -0.1) is 0 Å². The summed E-state index contributed by atoms with van der Waals surface area (Å²) in [6.45, 7) is 2.23. The molecular weight excluding hydrogens is 224 g/mol. The van der Waals surface area contributed by atoms with Gasteiger partial charge < -0.3 is 14.2 Å². The first-order valence-corrected chi connectivity index (χ1v) is 5.45. The van der Waals surface area contributed by atoms with Crippen molar-refractivity contribution in [3.8, 4) is 0 Å². The lowest BCUT2D eigenvalue weighted by Crippen LogP contribution is -2.41. The second-order valence-corrected chi connectivity index (χ2v) is 3.98. The normalized spacial score (nSPS) is 19.4. The van der Waals surface area contributed by atoms with Crippen molar-refractivity contribution in [3.05, 3.63) is 17.5 Å². The Labute approximate surface area is 98.5 Å². The number of ether oxygens (including phenoxy) is 1. The first-order chi connectivity index (χ1) is 8.15. The highest BCUT2D eigenvalue weighted by Crippen LogP contribution is 2.22. The molecule has 1 aromatic rings. The molecule has 92 valence electrons. The highest BCUT2D eigenvalue weighted by molar-refractivity contribution is 5.97. The molecule has 2 rings (SSSR count). The van der Waals surface area contributed by atoms with E-state index in [1.165, 1.54) is 18.2 Å². The topological polar surface area (TPSA) is 72.6 Å². The number of rotatable bonds is 2. The standard InChI is InChI=1S/C11H14N2O4/c1-7-8(6-12-17-7)10(14)13-5-3-4-9(13)11(15)16-2/h6,9H,3-5H2,1-2H3. The number of likely N-dealkylation sites (tertiary alicyclic amines) is 1. The molecule has 0 radical (unpaired) electrons. The van der Waals surface area contributed by atoms with Crippen LogP contribution in [-0.2, 0) is 9.53 Å². The fourth-order valence-electron chi connectivity index (χ4n) is 2.05. The molecular formula is C11H14N2O4. The lowest BCUT2D eigenvalue weighted by Gasteiger charge is -2.21. The van der Waals surface area contributed by atoms with Crippen LogP contribution in [0.1, 0.15) is 29.0 Å². The Balaban J connectivity index is 2.19. The van der Waals surface area contributed by atoms with Crippen LogP contribution in [-0.4, -0.2) is 41.6 Å². The van der Waals surface area contributed by atoms with Crippen LogP contribution in [0.15, 0.2) is 10.7 Å². The maximum absolute atomic E-state index is 12.2. The van der Waals surface area contributed by atoms with Crippen LogP contribution in [0.2, 0.25) is 0 Å². The summed E-state index contributed by atoms with van der Waals surface area (Å²) in [5.41, 5.74) is 0.404. The fraction of sp³-hybridized carbons (Fsp3) is 0.545. The number of amides is 1. The predicted molar refractivity (Wildman–Crippen MR) is 57.3 cm³/mol. The van der Waals surface area contributed by atoms with Crippen molar-refractivity contribution in [3.63, 3.8) is 0 Å². The molecule has 6 heteroatoms. The van der Waals surface area contributed by atoms with E-state index in [4.69, 9.17) is 9.26 Å². The smallest absolute Gasteiger partial charge is 0.328 e. The van der Waals surface area contributed by atoms with Gasteiger partial charge in [0.15, 0.2) is 0 Å². The second-order valence-electron chi connectivity index (χ2n) is 3.98. The van der Waals surface area contributed by atoms with E-state index in [2.05, 4.69) is 5.16 Å². The number of nitrogens with zero attached hydrogens (tertiary/aromatic N) is 2. The first kappa shape index (κ1) is 11.6. The molecule has 0 spiro atoms. The van der Waals surface area contributed by atoms with Crippen LogP contribution in [0.3, 0.4) is 0 Å². The van der Waals surface area contributed by atoms with Gasteiger partial charge in [-0.2, -0.15) is 0 Å². The van der Waals surface area contributed by atoms with E-state index in [-0.39, 0.29) is 11.9 Å². The quantitative estimate of drug-likeness (QED) is 0.711. The Morgan fingerprint density at radius 1 is 1.59 bits per heavy atom. The minimum absolute atomic E-state index is 0.225. The van der Waals surface area contributed by atoms with Gasteiger partial charge in [-0.25, -0.2) is 4.79 Å². The van der Waals surface area contributed by atoms with Crippen LogP contribution in [0.25, 0.3) is 0 Å². The van der Waals surface area contributed by atoms with Gasteiger partial charge >= 0.3 is 5.97 Å². The largest absolute Gasteiger partial charge is 0.467 e. The molecule has 1 fully saturated rings. The van der Waals surface area contributed by atoms with Crippen LogP contribution in [0.5, 0.6) is 0 Å². The minimum Gasteiger partial charge on any atom is -0.467 e. The number of aromatic nitrogens is 1. The molecule has 1 atom stereocenters. The van der Waals surface area contributed by atoms with Gasteiger partial charge in [0, 0.05) is 6.54 Å². The summed E-state index contributed by atoms with van der Waals surface area (Å²) < 4.78 is 9.54. The van der Waals surface area contributed by atoms with E-state index in [9.17, 15) is 9.59 Å². The Bertz CT molecular complexity index is 440. The Morgan fingerprint density at radius 3 is 2.94 bits per heavy atom. The Kier molecular flexibility index (Phi) is 3.12. The Morgan fingerprint density at radius 2 is 2.35 bits per heavy atom. The van der Waals surface area contributed by atoms with Gasteiger partial charge in [-0.3, -0.25) is 4.79 Å². The average molecular weight is 238 g/mol. The van der Waals surface area contributed by atoms with E-state index in [1.54, 1.807) is 6.92 Å². The number of aryl methyl sites for hydroxylation is 1. The monoisotopic (exact) mass is 238 g/mol. The molecule has 1 amide bonds. The summed E-state index contributed by atoms with van der Waals surface area (Å²) in [5.74, 6) is -0.132. The second kappa shape index (κ2) is 4.57. The third-order valence-electron chi connectivity index (χ3n) is 2.97. The molecule has 1 aliphatic rings. The first-order valence-electron chi connectivity index (χ1n) is 5.45. The van der Waals surface area contributed by atoms with E-state index >= 15 is 0 Å². The summed E-state index contributed by atoms with van der Waals surface area (Å²) in [6.07, 6.45) is 2.82. The van der Waals surface area contributed by atoms with E-state index in [0.29, 0.717) is 24.3 Å². The number of esters is 1. The zero-order chi connectivity index (χ0) is 12.4. The van der Waals surface area contributed by atoms with Crippen LogP contribution < -0.4 is 0 Å². The number of hydrogen-bond donors (Lipinski definition) is 0. The van der Waals surface area contributed by atoms with E-state index in [0.717, 1.165) is 6.42 Å². The lowest BCUT2D eigenvalue weighted by molar-refractivity contribution is -0.145. The summed E-state index contributed by atoms with van der Waals surface area (Å²) in [7, 11) is 1.33. The molecule has 0 N–H and O–H groups in total.